The highest BCUT2D eigenvalue weighted by Crippen LogP contribution is 1.84. The zero-order chi connectivity index (χ0) is 10.7. The van der Waals surface area contributed by atoms with E-state index in [4.69, 9.17) is 0 Å². The van der Waals surface area contributed by atoms with Gasteiger partial charge in [0.2, 0.25) is 5.91 Å². The fraction of sp³-hybridized carbons (Fsp3) is 0.727. The van der Waals surface area contributed by atoms with Crippen molar-refractivity contribution in [3.05, 3.63) is 0 Å². The Bertz CT molecular complexity index is 179. The van der Waals surface area contributed by atoms with Crippen LogP contribution in [0.2, 0.25) is 0 Å². The second kappa shape index (κ2) is 11.0. The molecule has 0 heterocycles. The third-order valence-electron chi connectivity index (χ3n) is 1.09. The minimum Gasteiger partial charge on any atom is -0.345 e. The fourth-order valence-corrected chi connectivity index (χ4v) is 0.523. The summed E-state index contributed by atoms with van der Waals surface area (Å²) in [6, 6.07) is 0. The van der Waals surface area contributed by atoms with Crippen molar-refractivity contribution in [2.75, 3.05) is 6.54 Å². The summed E-state index contributed by atoms with van der Waals surface area (Å²) in [7, 11) is 0. The molecule has 0 spiro atoms. The van der Waals surface area contributed by atoms with Crippen molar-refractivity contribution in [1.82, 2.24) is 5.32 Å². The Morgan fingerprint density at radius 2 is 2.00 bits per heavy atom. The third-order valence-corrected chi connectivity index (χ3v) is 1.09. The molecule has 0 aromatic carbocycles. The smallest absolute Gasteiger partial charge is 0.220 e. The van der Waals surface area contributed by atoms with E-state index in [1.165, 1.54) is 0 Å². The summed E-state index contributed by atoms with van der Waals surface area (Å²) >= 11 is 0. The molecular weight excluding hydrogens is 162 g/mol. The van der Waals surface area contributed by atoms with Crippen molar-refractivity contribution < 1.29 is 6.22 Å². The summed E-state index contributed by atoms with van der Waals surface area (Å²) in [5.41, 5.74) is 0. The molecule has 0 aliphatic rings. The molecule has 78 valence electrons. The summed E-state index contributed by atoms with van der Waals surface area (Å²) in [6.07, 6.45) is 0.531. The first-order valence-corrected chi connectivity index (χ1v) is 4.92. The Kier molecular flexibility index (Phi) is 12.3. The van der Waals surface area contributed by atoms with Crippen molar-refractivity contribution >= 4 is 5.91 Å². The van der Waals surface area contributed by atoms with Crippen LogP contribution in [0.4, 0.5) is 0 Å². The van der Waals surface area contributed by atoms with E-state index in [9.17, 15) is 4.79 Å². The van der Waals surface area contributed by atoms with Crippen molar-refractivity contribution in [3.8, 4) is 11.8 Å². The molecule has 2 nitrogen and oxygen atoms in total. The van der Waals surface area contributed by atoms with Crippen molar-refractivity contribution in [3.63, 3.8) is 0 Å². The summed E-state index contributed by atoms with van der Waals surface area (Å²) in [6.45, 7) is 10.3. The van der Waals surface area contributed by atoms with Gasteiger partial charge in [-0.05, 0) is 0 Å². The van der Waals surface area contributed by atoms with Crippen LogP contribution < -0.4 is 5.32 Å². The molecule has 0 saturated carbocycles. The van der Waals surface area contributed by atoms with E-state index in [2.05, 4.69) is 17.2 Å². The van der Waals surface area contributed by atoms with Gasteiger partial charge in [0.1, 0.15) is 0 Å². The van der Waals surface area contributed by atoms with Crippen LogP contribution in [0.15, 0.2) is 0 Å². The number of carbonyl (C=O) groups is 1. The lowest BCUT2D eigenvalue weighted by Crippen LogP contribution is -2.22. The molecule has 2 heteroatoms. The van der Waals surface area contributed by atoms with Gasteiger partial charge in [-0.1, -0.05) is 46.5 Å². The molecule has 1 N–H and O–H groups in total. The molecule has 0 aliphatic heterocycles. The average Bonchev–Trinajstić information content (AvgIpc) is 2.15. The molecule has 0 bridgehead atoms. The Hall–Kier alpha value is -0.970. The van der Waals surface area contributed by atoms with Gasteiger partial charge in [-0.25, -0.2) is 0 Å². The SMILES string of the molecule is CC.CCC(=O)NCC#CC(C)C.[HH]. The van der Waals surface area contributed by atoms with Crippen molar-refractivity contribution in [1.29, 1.82) is 0 Å². The maximum absolute atomic E-state index is 10.7. The summed E-state index contributed by atoms with van der Waals surface area (Å²) in [5.74, 6) is 6.27. The number of rotatable bonds is 2. The Morgan fingerprint density at radius 1 is 1.46 bits per heavy atom. The highest BCUT2D eigenvalue weighted by atomic mass is 16.1. The topological polar surface area (TPSA) is 29.1 Å². The molecule has 0 rings (SSSR count). The molecule has 0 aromatic heterocycles. The Balaban J connectivity index is -0.000000376. The van der Waals surface area contributed by atoms with Gasteiger partial charge in [0, 0.05) is 13.8 Å². The second-order valence-electron chi connectivity index (χ2n) is 2.61. The molecule has 0 fully saturated rings. The third kappa shape index (κ3) is 13.9. The largest absolute Gasteiger partial charge is 0.345 e. The number of amides is 1. The van der Waals surface area contributed by atoms with Crippen LogP contribution in [-0.2, 0) is 4.79 Å². The monoisotopic (exact) mass is 185 g/mol. The maximum atomic E-state index is 10.7. The first-order valence-electron chi connectivity index (χ1n) is 4.92. The Morgan fingerprint density at radius 3 is 2.38 bits per heavy atom. The van der Waals surface area contributed by atoms with E-state index in [1.54, 1.807) is 0 Å². The molecule has 0 aromatic rings. The van der Waals surface area contributed by atoms with Gasteiger partial charge in [0.15, 0.2) is 0 Å². The zero-order valence-corrected chi connectivity index (χ0v) is 9.40. The lowest BCUT2D eigenvalue weighted by atomic mass is 10.2. The van der Waals surface area contributed by atoms with E-state index >= 15 is 0 Å². The lowest BCUT2D eigenvalue weighted by molar-refractivity contribution is -0.120. The van der Waals surface area contributed by atoms with Crippen LogP contribution in [0, 0.1) is 17.8 Å². The van der Waals surface area contributed by atoms with Crippen LogP contribution >= 0.6 is 0 Å². The fourth-order valence-electron chi connectivity index (χ4n) is 0.523. The highest BCUT2D eigenvalue weighted by molar-refractivity contribution is 5.75. The quantitative estimate of drug-likeness (QED) is 0.658. The first kappa shape index (κ1) is 14.5. The van der Waals surface area contributed by atoms with E-state index in [0.717, 1.165) is 0 Å². The lowest BCUT2D eigenvalue weighted by Gasteiger charge is -1.95. The van der Waals surface area contributed by atoms with Crippen molar-refractivity contribution in [2.24, 2.45) is 5.92 Å². The van der Waals surface area contributed by atoms with Gasteiger partial charge in [0.25, 0.3) is 0 Å². The molecule has 0 aliphatic carbocycles. The molecule has 0 unspecified atom stereocenters. The summed E-state index contributed by atoms with van der Waals surface area (Å²) in [5, 5.41) is 2.68. The molecule has 13 heavy (non-hydrogen) atoms. The van der Waals surface area contributed by atoms with Crippen molar-refractivity contribution in [2.45, 2.75) is 41.0 Å². The van der Waals surface area contributed by atoms with Gasteiger partial charge in [-0.2, -0.15) is 0 Å². The van der Waals surface area contributed by atoms with E-state index < -0.39 is 0 Å². The standard InChI is InChI=1S/C9H15NO.C2H6.H2/c1-4-9(11)10-7-5-6-8(2)3;1-2;/h8H,4,7H2,1-3H3,(H,10,11);1-2H3;1H. The molecule has 0 atom stereocenters. The predicted octanol–water partition coefficient (Wildman–Crippen LogP) is 2.44. The van der Waals surface area contributed by atoms with Crippen LogP contribution in [0.25, 0.3) is 0 Å². The van der Waals surface area contributed by atoms with Crippen LogP contribution in [-0.4, -0.2) is 12.5 Å². The molecule has 0 saturated heterocycles. The highest BCUT2D eigenvalue weighted by Gasteiger charge is 1.90. The first-order chi connectivity index (χ1) is 6.16. The maximum Gasteiger partial charge on any atom is 0.220 e. The minimum absolute atomic E-state index is 0. The van der Waals surface area contributed by atoms with E-state index in [0.29, 0.717) is 18.9 Å². The number of nitrogens with one attached hydrogen (secondary N) is 1. The predicted molar refractivity (Wildman–Crippen MR) is 59.4 cm³/mol. The Labute approximate surface area is 83.6 Å². The summed E-state index contributed by atoms with van der Waals surface area (Å²) < 4.78 is 0. The average molecular weight is 185 g/mol. The van der Waals surface area contributed by atoms with Gasteiger partial charge in [0.05, 0.1) is 6.54 Å². The van der Waals surface area contributed by atoms with E-state index in [-0.39, 0.29) is 7.33 Å². The van der Waals surface area contributed by atoms with E-state index in [1.807, 2.05) is 34.6 Å². The summed E-state index contributed by atoms with van der Waals surface area (Å²) in [4.78, 5) is 10.7. The normalized spacial score (nSPS) is 7.85. The van der Waals surface area contributed by atoms with Gasteiger partial charge >= 0.3 is 0 Å². The molecular formula is C11H23NO. The number of hydrogen-bond donors (Lipinski definition) is 1. The van der Waals surface area contributed by atoms with Gasteiger partial charge in [-0.3, -0.25) is 4.79 Å². The zero-order valence-electron chi connectivity index (χ0n) is 9.40. The molecule has 1 amide bonds. The van der Waals surface area contributed by atoms with Gasteiger partial charge < -0.3 is 5.32 Å². The second-order valence-corrected chi connectivity index (χ2v) is 2.61. The number of hydrogen-bond acceptors (Lipinski definition) is 1. The minimum atomic E-state index is 0. The van der Waals surface area contributed by atoms with Gasteiger partial charge in [-0.15, -0.1) is 0 Å². The van der Waals surface area contributed by atoms with Crippen LogP contribution in [0.5, 0.6) is 0 Å². The van der Waals surface area contributed by atoms with Crippen LogP contribution in [0.1, 0.15) is 42.5 Å². The van der Waals surface area contributed by atoms with Crippen LogP contribution in [0.3, 0.4) is 0 Å². The molecule has 0 radical (unpaired) electrons. The number of carbonyl (C=O) groups excluding carboxylic acids is 1.